The van der Waals surface area contributed by atoms with Gasteiger partial charge in [0.05, 0.1) is 0 Å². The van der Waals surface area contributed by atoms with Gasteiger partial charge in [0, 0.05) is 22.2 Å². The summed E-state index contributed by atoms with van der Waals surface area (Å²) in [6.07, 6.45) is 1.76. The van der Waals surface area contributed by atoms with Crippen molar-refractivity contribution in [3.8, 4) is 0 Å². The van der Waals surface area contributed by atoms with Crippen LogP contribution in [0.3, 0.4) is 0 Å². The second-order valence-electron chi connectivity index (χ2n) is 6.45. The lowest BCUT2D eigenvalue weighted by Gasteiger charge is -2.39. The van der Waals surface area contributed by atoms with Crippen molar-refractivity contribution in [1.29, 1.82) is 0 Å². The van der Waals surface area contributed by atoms with Gasteiger partial charge >= 0.3 is 20.5 Å². The first-order valence-corrected chi connectivity index (χ1v) is 9.27. The Kier molecular flexibility index (Phi) is 7.10. The van der Waals surface area contributed by atoms with Gasteiger partial charge in [-0.05, 0) is 20.3 Å². The van der Waals surface area contributed by atoms with Gasteiger partial charge < -0.3 is 8.85 Å². The first kappa shape index (κ1) is 19.6. The van der Waals surface area contributed by atoms with E-state index in [1.54, 1.807) is 13.8 Å². The van der Waals surface area contributed by atoms with Gasteiger partial charge in [-0.1, -0.05) is 47.3 Å². The van der Waals surface area contributed by atoms with E-state index in [2.05, 4.69) is 13.2 Å². The summed E-state index contributed by atoms with van der Waals surface area (Å²) in [5, 5.41) is -0.432. The minimum Gasteiger partial charge on any atom is -0.481 e. The fourth-order valence-electron chi connectivity index (χ4n) is 1.69. The van der Waals surface area contributed by atoms with Gasteiger partial charge in [-0.3, -0.25) is 0 Å². The fraction of sp³-hybridized carbons (Fsp3) is 0.625. The molecule has 0 atom stereocenters. The molecular weight excluding hydrogens is 284 g/mol. The number of rotatable bonds is 7. The van der Waals surface area contributed by atoms with Crippen molar-refractivity contribution in [1.82, 2.24) is 0 Å². The molecule has 0 radical (unpaired) electrons. The Morgan fingerprint density at radius 2 is 1.38 bits per heavy atom. The molecule has 0 aliphatic carbocycles. The van der Waals surface area contributed by atoms with E-state index in [0.717, 1.165) is 12.8 Å². The van der Waals surface area contributed by atoms with Crippen LogP contribution in [0.2, 0.25) is 11.1 Å². The molecule has 0 heterocycles. The first-order valence-electron chi connectivity index (χ1n) is 7.24. The lowest BCUT2D eigenvalue weighted by Crippen LogP contribution is -2.53. The largest absolute Gasteiger partial charge is 0.481 e. The predicted molar refractivity (Wildman–Crippen MR) is 87.0 cm³/mol. The number of carbonyl (C=O) groups excluding carboxylic acids is 2. The highest BCUT2D eigenvalue weighted by atomic mass is 28.4. The van der Waals surface area contributed by atoms with Gasteiger partial charge in [-0.25, -0.2) is 9.59 Å². The average Bonchev–Trinajstić information content (AvgIpc) is 2.33. The molecule has 0 spiro atoms. The fourth-order valence-corrected chi connectivity index (χ4v) is 5.06. The third kappa shape index (κ3) is 5.50. The van der Waals surface area contributed by atoms with E-state index in [9.17, 15) is 9.59 Å². The molecule has 120 valence electrons. The Balaban J connectivity index is 5.62. The third-order valence-corrected chi connectivity index (χ3v) is 7.54. The normalized spacial score (nSPS) is 11.7. The van der Waals surface area contributed by atoms with E-state index < -0.39 is 25.5 Å². The molecule has 5 heteroatoms. The molecule has 0 saturated carbocycles. The van der Waals surface area contributed by atoms with E-state index >= 15 is 0 Å². The molecule has 0 aliphatic heterocycles. The SMILES string of the molecule is C=C(C)C(=O)O[Si](CCCC)(OC(=O)C(=C)C)C(C)(C)C. The van der Waals surface area contributed by atoms with Crippen molar-refractivity contribution in [2.45, 2.75) is 65.5 Å². The Hall–Kier alpha value is -1.36. The highest BCUT2D eigenvalue weighted by molar-refractivity contribution is 6.73. The summed E-state index contributed by atoms with van der Waals surface area (Å²) in [5.74, 6) is -0.996. The average molecular weight is 312 g/mol. The van der Waals surface area contributed by atoms with Gasteiger partial charge in [0.1, 0.15) is 0 Å². The van der Waals surface area contributed by atoms with Crippen LogP contribution in [0.1, 0.15) is 54.4 Å². The molecule has 0 fully saturated rings. The van der Waals surface area contributed by atoms with Gasteiger partial charge in [0.25, 0.3) is 0 Å². The zero-order valence-electron chi connectivity index (χ0n) is 14.2. The van der Waals surface area contributed by atoms with Crippen molar-refractivity contribution in [3.63, 3.8) is 0 Å². The van der Waals surface area contributed by atoms with Crippen molar-refractivity contribution in [3.05, 3.63) is 24.3 Å². The third-order valence-electron chi connectivity index (χ3n) is 3.21. The maximum absolute atomic E-state index is 12.0. The van der Waals surface area contributed by atoms with E-state index in [0.29, 0.717) is 17.2 Å². The first-order chi connectivity index (χ1) is 9.47. The molecule has 0 unspecified atom stereocenters. The standard InChI is InChI=1S/C16H28O4Si/c1-9-10-11-21(16(6,7)8,19-14(17)12(2)3)20-15(18)13(4)5/h2,4,9-11H2,1,3,5-8H3. The lowest BCUT2D eigenvalue weighted by molar-refractivity contribution is -0.137. The van der Waals surface area contributed by atoms with Crippen LogP contribution in [0.25, 0.3) is 0 Å². The quantitative estimate of drug-likeness (QED) is 0.520. The second-order valence-corrected chi connectivity index (χ2v) is 10.4. The van der Waals surface area contributed by atoms with Crippen LogP contribution in [0.5, 0.6) is 0 Å². The summed E-state index contributed by atoms with van der Waals surface area (Å²) >= 11 is 0. The predicted octanol–water partition coefficient (Wildman–Crippen LogP) is 4.27. The molecule has 0 aliphatic rings. The number of hydrogen-bond donors (Lipinski definition) is 0. The molecule has 0 rings (SSSR count). The molecule has 0 N–H and O–H groups in total. The lowest BCUT2D eigenvalue weighted by atomic mass is 10.2. The van der Waals surface area contributed by atoms with E-state index in [4.69, 9.17) is 8.85 Å². The molecule has 0 bridgehead atoms. The van der Waals surface area contributed by atoms with Crippen LogP contribution in [0.4, 0.5) is 0 Å². The molecule has 0 aromatic heterocycles. The Morgan fingerprint density at radius 3 is 1.62 bits per heavy atom. The van der Waals surface area contributed by atoms with Crippen molar-refractivity contribution in [2.75, 3.05) is 0 Å². The Labute approximate surface area is 129 Å². The van der Waals surface area contributed by atoms with Gasteiger partial charge in [0.2, 0.25) is 0 Å². The zero-order valence-corrected chi connectivity index (χ0v) is 15.2. The van der Waals surface area contributed by atoms with Crippen LogP contribution >= 0.6 is 0 Å². The van der Waals surface area contributed by atoms with Crippen LogP contribution in [0, 0.1) is 0 Å². The van der Waals surface area contributed by atoms with Crippen molar-refractivity contribution < 1.29 is 18.4 Å². The molecule has 0 aromatic carbocycles. The highest BCUT2D eigenvalue weighted by Crippen LogP contribution is 2.42. The van der Waals surface area contributed by atoms with E-state index in [1.807, 2.05) is 27.7 Å². The summed E-state index contributed by atoms with van der Waals surface area (Å²) in [7, 11) is -3.09. The topological polar surface area (TPSA) is 52.6 Å². The van der Waals surface area contributed by atoms with Crippen molar-refractivity contribution in [2.24, 2.45) is 0 Å². The van der Waals surface area contributed by atoms with Gasteiger partial charge in [-0.2, -0.15) is 0 Å². The maximum Gasteiger partial charge on any atom is 0.470 e. The molecule has 0 amide bonds. The van der Waals surface area contributed by atoms with Crippen LogP contribution < -0.4 is 0 Å². The molecular formula is C16H28O4Si. The minimum absolute atomic E-state index is 0.305. The van der Waals surface area contributed by atoms with Crippen LogP contribution in [-0.4, -0.2) is 20.5 Å². The van der Waals surface area contributed by atoms with Gasteiger partial charge in [0.15, 0.2) is 0 Å². The summed E-state index contributed by atoms with van der Waals surface area (Å²) in [6, 6.07) is 0.574. The molecule has 0 aromatic rings. The molecule has 0 saturated heterocycles. The smallest absolute Gasteiger partial charge is 0.470 e. The minimum atomic E-state index is -3.09. The second kappa shape index (κ2) is 7.59. The van der Waals surface area contributed by atoms with Gasteiger partial charge in [-0.15, -0.1) is 0 Å². The summed E-state index contributed by atoms with van der Waals surface area (Å²) in [6.45, 7) is 18.2. The number of carbonyl (C=O) groups is 2. The van der Waals surface area contributed by atoms with Crippen LogP contribution in [0.15, 0.2) is 24.3 Å². The summed E-state index contributed by atoms with van der Waals surface area (Å²) in [5.41, 5.74) is 0.609. The Bertz CT molecular complexity index is 404. The monoisotopic (exact) mass is 312 g/mol. The maximum atomic E-state index is 12.0. The van der Waals surface area contributed by atoms with Crippen molar-refractivity contribution >= 4 is 20.5 Å². The van der Waals surface area contributed by atoms with E-state index in [-0.39, 0.29) is 0 Å². The molecule has 4 nitrogen and oxygen atoms in total. The van der Waals surface area contributed by atoms with Crippen LogP contribution in [-0.2, 0) is 18.4 Å². The number of hydrogen-bond acceptors (Lipinski definition) is 4. The highest BCUT2D eigenvalue weighted by Gasteiger charge is 2.55. The zero-order chi connectivity index (χ0) is 16.8. The summed E-state index contributed by atoms with van der Waals surface area (Å²) in [4.78, 5) is 24.0. The Morgan fingerprint density at radius 1 is 1.00 bits per heavy atom. The summed E-state index contributed by atoms with van der Waals surface area (Å²) < 4.78 is 11.4. The van der Waals surface area contributed by atoms with E-state index in [1.165, 1.54) is 0 Å². The number of unbranched alkanes of at least 4 members (excludes halogenated alkanes) is 1. The molecule has 21 heavy (non-hydrogen) atoms.